The SMILES string of the molecule is O=C(NCCN1CCN(C(c2ccccc2)c2ccccc2)CC1)[C@]1(c2cccnc2)NCCS1. The third-order valence-electron chi connectivity index (χ3n) is 6.90. The van der Waals surface area contributed by atoms with Crippen molar-refractivity contribution in [2.75, 3.05) is 51.6 Å². The molecule has 35 heavy (non-hydrogen) atoms. The standard InChI is InChI=1S/C28H33N5OS/c34-27(28(31-15-21-35-28)25-12-7-13-29-22-25)30-14-16-32-17-19-33(20-18-32)26(23-8-3-1-4-9-23)24-10-5-2-6-11-24/h1-13,22,26,31H,14-21H2,(H,30,34)/t28-/m1/s1. The highest BCUT2D eigenvalue weighted by molar-refractivity contribution is 8.01. The van der Waals surface area contributed by atoms with Gasteiger partial charge in [0.05, 0.1) is 6.04 Å². The molecule has 6 nitrogen and oxygen atoms in total. The first-order valence-corrected chi connectivity index (χ1v) is 13.4. The minimum absolute atomic E-state index is 0.0276. The van der Waals surface area contributed by atoms with Gasteiger partial charge in [0, 0.05) is 69.5 Å². The van der Waals surface area contributed by atoms with E-state index in [4.69, 9.17) is 0 Å². The van der Waals surface area contributed by atoms with Gasteiger partial charge in [0.1, 0.15) is 0 Å². The molecule has 2 N–H and O–H groups in total. The quantitative estimate of drug-likeness (QED) is 0.509. The Hall–Kier alpha value is -2.71. The van der Waals surface area contributed by atoms with Crippen LogP contribution in [0.2, 0.25) is 0 Å². The zero-order valence-electron chi connectivity index (χ0n) is 20.0. The lowest BCUT2D eigenvalue weighted by molar-refractivity contribution is -0.124. The van der Waals surface area contributed by atoms with E-state index in [0.717, 1.165) is 50.6 Å². The Balaban J connectivity index is 1.16. The van der Waals surface area contributed by atoms with Gasteiger partial charge in [-0.05, 0) is 17.2 Å². The summed E-state index contributed by atoms with van der Waals surface area (Å²) in [6.07, 6.45) is 3.54. The molecule has 3 heterocycles. The number of hydrogen-bond donors (Lipinski definition) is 2. The first-order valence-electron chi connectivity index (χ1n) is 12.4. The van der Waals surface area contributed by atoms with Crippen molar-refractivity contribution in [1.82, 2.24) is 25.4 Å². The van der Waals surface area contributed by atoms with E-state index in [0.29, 0.717) is 6.54 Å². The largest absolute Gasteiger partial charge is 0.352 e. The Kier molecular flexibility index (Phi) is 7.79. The summed E-state index contributed by atoms with van der Waals surface area (Å²) in [4.78, 5) is 21.7. The average Bonchev–Trinajstić information content (AvgIpc) is 3.43. The summed E-state index contributed by atoms with van der Waals surface area (Å²) in [6.45, 7) is 6.30. The van der Waals surface area contributed by atoms with Gasteiger partial charge in [0.2, 0.25) is 0 Å². The first kappa shape index (κ1) is 24.0. The summed E-state index contributed by atoms with van der Waals surface area (Å²) in [5.41, 5.74) is 3.59. The van der Waals surface area contributed by atoms with Crippen molar-refractivity contribution in [3.8, 4) is 0 Å². The Morgan fingerprint density at radius 1 is 0.971 bits per heavy atom. The third kappa shape index (κ3) is 5.43. The number of benzene rings is 2. The molecule has 2 aromatic carbocycles. The van der Waals surface area contributed by atoms with Gasteiger partial charge >= 0.3 is 0 Å². The molecule has 182 valence electrons. The van der Waals surface area contributed by atoms with Crippen molar-refractivity contribution < 1.29 is 4.79 Å². The van der Waals surface area contributed by atoms with Crippen molar-refractivity contribution >= 4 is 17.7 Å². The topological polar surface area (TPSA) is 60.5 Å². The molecule has 2 saturated heterocycles. The lowest BCUT2D eigenvalue weighted by Gasteiger charge is -2.40. The normalized spacial score (nSPS) is 21.3. The second kappa shape index (κ2) is 11.4. The smallest absolute Gasteiger partial charge is 0.255 e. The summed E-state index contributed by atoms with van der Waals surface area (Å²) in [5.74, 6) is 0.939. The maximum Gasteiger partial charge on any atom is 0.255 e. The number of pyridine rings is 1. The molecule has 2 fully saturated rings. The number of amides is 1. The number of aromatic nitrogens is 1. The van der Waals surface area contributed by atoms with Crippen LogP contribution in [0.4, 0.5) is 0 Å². The van der Waals surface area contributed by atoms with E-state index in [1.165, 1.54) is 11.1 Å². The average molecular weight is 488 g/mol. The Bertz CT molecular complexity index is 1030. The highest BCUT2D eigenvalue weighted by atomic mass is 32.2. The number of thioether (sulfide) groups is 1. The lowest BCUT2D eigenvalue weighted by atomic mass is 9.96. The molecule has 7 heteroatoms. The Morgan fingerprint density at radius 2 is 1.66 bits per heavy atom. The molecule has 0 bridgehead atoms. The number of nitrogens with zero attached hydrogens (tertiary/aromatic N) is 3. The van der Waals surface area contributed by atoms with E-state index in [1.54, 1.807) is 24.2 Å². The third-order valence-corrected chi connectivity index (χ3v) is 8.31. The molecule has 0 aliphatic carbocycles. The number of rotatable bonds is 8. The molecule has 2 aliphatic heterocycles. The molecule has 1 aromatic heterocycles. The van der Waals surface area contributed by atoms with Gasteiger partial charge < -0.3 is 5.32 Å². The number of carbonyl (C=O) groups excluding carboxylic acids is 1. The van der Waals surface area contributed by atoms with E-state index in [2.05, 4.69) is 86.1 Å². The van der Waals surface area contributed by atoms with Crippen LogP contribution in [0, 0.1) is 0 Å². The fraction of sp³-hybridized carbons (Fsp3) is 0.357. The summed E-state index contributed by atoms with van der Waals surface area (Å²) < 4.78 is 0. The highest BCUT2D eigenvalue weighted by Gasteiger charge is 2.43. The number of piperazine rings is 1. The van der Waals surface area contributed by atoms with Crippen LogP contribution in [0.15, 0.2) is 85.2 Å². The van der Waals surface area contributed by atoms with Gasteiger partial charge in [-0.2, -0.15) is 0 Å². The van der Waals surface area contributed by atoms with E-state index >= 15 is 0 Å². The maximum absolute atomic E-state index is 13.2. The van der Waals surface area contributed by atoms with Crippen LogP contribution >= 0.6 is 11.8 Å². The van der Waals surface area contributed by atoms with Crippen molar-refractivity contribution in [3.63, 3.8) is 0 Å². The van der Waals surface area contributed by atoms with Crippen LogP contribution in [-0.4, -0.2) is 72.3 Å². The molecule has 0 spiro atoms. The van der Waals surface area contributed by atoms with Crippen LogP contribution in [0.3, 0.4) is 0 Å². The Labute approximate surface area is 212 Å². The van der Waals surface area contributed by atoms with Gasteiger partial charge in [-0.15, -0.1) is 11.8 Å². The van der Waals surface area contributed by atoms with E-state index in [-0.39, 0.29) is 11.9 Å². The van der Waals surface area contributed by atoms with Crippen molar-refractivity contribution in [2.24, 2.45) is 0 Å². The van der Waals surface area contributed by atoms with Gasteiger partial charge in [0.15, 0.2) is 4.87 Å². The van der Waals surface area contributed by atoms with Crippen molar-refractivity contribution in [2.45, 2.75) is 10.9 Å². The van der Waals surface area contributed by atoms with Crippen LogP contribution in [0.25, 0.3) is 0 Å². The fourth-order valence-corrected chi connectivity index (χ4v) is 6.30. The molecule has 5 rings (SSSR count). The van der Waals surface area contributed by atoms with Gasteiger partial charge in [-0.1, -0.05) is 66.7 Å². The van der Waals surface area contributed by atoms with Gasteiger partial charge in [0.25, 0.3) is 5.91 Å². The van der Waals surface area contributed by atoms with Crippen LogP contribution in [0.1, 0.15) is 22.7 Å². The number of carbonyl (C=O) groups is 1. The predicted molar refractivity (Wildman–Crippen MR) is 142 cm³/mol. The molecule has 3 aromatic rings. The van der Waals surface area contributed by atoms with E-state index in [1.807, 2.05) is 12.1 Å². The minimum Gasteiger partial charge on any atom is -0.352 e. The zero-order valence-corrected chi connectivity index (χ0v) is 20.8. The molecule has 1 atom stereocenters. The van der Waals surface area contributed by atoms with E-state index in [9.17, 15) is 4.79 Å². The van der Waals surface area contributed by atoms with Crippen molar-refractivity contribution in [3.05, 3.63) is 102 Å². The zero-order chi connectivity index (χ0) is 23.9. The van der Waals surface area contributed by atoms with Crippen molar-refractivity contribution in [1.29, 1.82) is 0 Å². The highest BCUT2D eigenvalue weighted by Crippen LogP contribution is 2.37. The molecule has 0 unspecified atom stereocenters. The van der Waals surface area contributed by atoms with Crippen LogP contribution in [0.5, 0.6) is 0 Å². The van der Waals surface area contributed by atoms with Crippen LogP contribution < -0.4 is 10.6 Å². The van der Waals surface area contributed by atoms with Gasteiger partial charge in [-0.25, -0.2) is 0 Å². The summed E-state index contributed by atoms with van der Waals surface area (Å²) in [6, 6.07) is 25.7. The lowest BCUT2D eigenvalue weighted by Crippen LogP contribution is -2.52. The molecule has 0 saturated carbocycles. The molecule has 1 amide bonds. The number of hydrogen-bond acceptors (Lipinski definition) is 6. The van der Waals surface area contributed by atoms with E-state index < -0.39 is 4.87 Å². The first-order chi connectivity index (χ1) is 17.3. The summed E-state index contributed by atoms with van der Waals surface area (Å²) >= 11 is 1.65. The molecule has 2 aliphatic rings. The summed E-state index contributed by atoms with van der Waals surface area (Å²) in [7, 11) is 0. The predicted octanol–water partition coefficient (Wildman–Crippen LogP) is 3.09. The summed E-state index contributed by atoms with van der Waals surface area (Å²) in [5, 5.41) is 6.61. The molecular weight excluding hydrogens is 454 g/mol. The fourth-order valence-electron chi connectivity index (χ4n) is 5.10. The molecule has 0 radical (unpaired) electrons. The second-order valence-corrected chi connectivity index (χ2v) is 10.4. The number of nitrogens with one attached hydrogen (secondary N) is 2. The Morgan fingerprint density at radius 3 is 2.23 bits per heavy atom. The molecular formula is C28H33N5OS. The second-order valence-electron chi connectivity index (χ2n) is 9.06. The maximum atomic E-state index is 13.2. The minimum atomic E-state index is -0.731. The van der Waals surface area contributed by atoms with Gasteiger partial charge in [-0.3, -0.25) is 24.9 Å². The monoisotopic (exact) mass is 487 g/mol. The van der Waals surface area contributed by atoms with Crippen LogP contribution in [-0.2, 0) is 9.67 Å².